The monoisotopic (exact) mass is 311 g/mol. The van der Waals surface area contributed by atoms with E-state index in [4.69, 9.17) is 26.9 Å². The van der Waals surface area contributed by atoms with Gasteiger partial charge in [-0.15, -0.1) is 0 Å². The first kappa shape index (κ1) is 15.2. The molecule has 6 heteroatoms. The van der Waals surface area contributed by atoms with Crippen LogP contribution in [-0.2, 0) is 9.47 Å². The molecule has 2 aliphatic rings. The molecule has 5 nitrogen and oxygen atoms in total. The molecule has 0 amide bonds. The highest BCUT2D eigenvalue weighted by atomic mass is 35.5. The zero-order chi connectivity index (χ0) is 14.7. The van der Waals surface area contributed by atoms with Crippen molar-refractivity contribution in [2.24, 2.45) is 11.8 Å². The molecule has 2 saturated heterocycles. The standard InChI is InChI=1S/C15H22ClN3O2/c16-12-1-2-13(18-10-12)14(19-17)11-3-6-21-15(9-11)4-7-20-8-5-15/h1-2,10-11,14,19H,3-9,17H2. The Labute approximate surface area is 130 Å². The quantitative estimate of drug-likeness (QED) is 0.661. The number of hydrazine groups is 1. The molecule has 3 N–H and O–H groups in total. The molecule has 2 aliphatic heterocycles. The predicted molar refractivity (Wildman–Crippen MR) is 80.8 cm³/mol. The fourth-order valence-electron chi connectivity index (χ4n) is 3.48. The van der Waals surface area contributed by atoms with Crippen molar-refractivity contribution in [3.63, 3.8) is 0 Å². The summed E-state index contributed by atoms with van der Waals surface area (Å²) in [4.78, 5) is 4.42. The van der Waals surface area contributed by atoms with Crippen molar-refractivity contribution in [2.45, 2.75) is 37.3 Å². The lowest BCUT2D eigenvalue weighted by Crippen LogP contribution is -2.47. The van der Waals surface area contributed by atoms with Crippen LogP contribution in [0, 0.1) is 5.92 Å². The van der Waals surface area contributed by atoms with E-state index in [0.29, 0.717) is 10.9 Å². The molecule has 1 aromatic heterocycles. The van der Waals surface area contributed by atoms with Crippen molar-refractivity contribution in [3.05, 3.63) is 29.0 Å². The molecule has 2 atom stereocenters. The minimum Gasteiger partial charge on any atom is -0.381 e. The number of hydrogen-bond acceptors (Lipinski definition) is 5. The summed E-state index contributed by atoms with van der Waals surface area (Å²) in [5.41, 5.74) is 3.84. The zero-order valence-corrected chi connectivity index (χ0v) is 12.8. The molecule has 2 unspecified atom stereocenters. The molecule has 1 aromatic rings. The number of rotatable bonds is 3. The van der Waals surface area contributed by atoms with E-state index in [1.54, 1.807) is 6.20 Å². The maximum atomic E-state index is 6.10. The lowest BCUT2D eigenvalue weighted by atomic mass is 9.77. The number of halogens is 1. The van der Waals surface area contributed by atoms with Crippen molar-refractivity contribution in [2.75, 3.05) is 19.8 Å². The Bertz CT molecular complexity index is 457. The maximum absolute atomic E-state index is 6.10. The van der Waals surface area contributed by atoms with E-state index in [1.165, 1.54) is 0 Å². The molecule has 116 valence electrons. The topological polar surface area (TPSA) is 69.4 Å². The second-order valence-electron chi connectivity index (χ2n) is 5.94. The van der Waals surface area contributed by atoms with Crippen molar-refractivity contribution in [3.8, 4) is 0 Å². The number of nitrogens with zero attached hydrogens (tertiary/aromatic N) is 1. The molecule has 0 radical (unpaired) electrons. The van der Waals surface area contributed by atoms with E-state index >= 15 is 0 Å². The number of nitrogens with two attached hydrogens (primary N) is 1. The van der Waals surface area contributed by atoms with Crippen LogP contribution in [0.25, 0.3) is 0 Å². The van der Waals surface area contributed by atoms with Crippen molar-refractivity contribution in [1.29, 1.82) is 0 Å². The minimum atomic E-state index is -0.0390. The summed E-state index contributed by atoms with van der Waals surface area (Å²) in [6.45, 7) is 2.34. The van der Waals surface area contributed by atoms with Crippen LogP contribution in [0.2, 0.25) is 5.02 Å². The molecule has 0 saturated carbocycles. The Balaban J connectivity index is 1.75. The minimum absolute atomic E-state index is 0.0332. The molecular weight excluding hydrogens is 290 g/mol. The molecule has 0 aromatic carbocycles. The Morgan fingerprint density at radius 3 is 2.81 bits per heavy atom. The molecule has 0 bridgehead atoms. The first-order valence-electron chi connectivity index (χ1n) is 7.52. The van der Waals surface area contributed by atoms with E-state index in [2.05, 4.69) is 10.4 Å². The van der Waals surface area contributed by atoms with Gasteiger partial charge in [-0.25, -0.2) is 0 Å². The van der Waals surface area contributed by atoms with Gasteiger partial charge in [0.25, 0.3) is 0 Å². The lowest BCUT2D eigenvalue weighted by Gasteiger charge is -2.45. The van der Waals surface area contributed by atoms with Crippen LogP contribution in [0.1, 0.15) is 37.4 Å². The molecule has 2 fully saturated rings. The third-order valence-corrected chi connectivity index (χ3v) is 4.88. The van der Waals surface area contributed by atoms with E-state index < -0.39 is 0 Å². The van der Waals surface area contributed by atoms with Crippen LogP contribution < -0.4 is 11.3 Å². The van der Waals surface area contributed by atoms with Gasteiger partial charge in [0.1, 0.15) is 0 Å². The number of pyridine rings is 1. The third-order valence-electron chi connectivity index (χ3n) is 4.65. The van der Waals surface area contributed by atoms with Gasteiger partial charge in [0, 0.05) is 26.0 Å². The summed E-state index contributed by atoms with van der Waals surface area (Å²) < 4.78 is 11.6. The molecule has 21 heavy (non-hydrogen) atoms. The number of aromatic nitrogens is 1. The second kappa shape index (κ2) is 6.58. The summed E-state index contributed by atoms with van der Waals surface area (Å²) in [6, 6.07) is 3.84. The highest BCUT2D eigenvalue weighted by Gasteiger charge is 2.41. The second-order valence-corrected chi connectivity index (χ2v) is 6.38. The summed E-state index contributed by atoms with van der Waals surface area (Å²) in [7, 11) is 0. The van der Waals surface area contributed by atoms with Gasteiger partial charge in [-0.05, 0) is 43.7 Å². The summed E-state index contributed by atoms with van der Waals surface area (Å²) in [5, 5.41) is 0.641. The number of ether oxygens (including phenoxy) is 2. The fourth-order valence-corrected chi connectivity index (χ4v) is 3.59. The first-order chi connectivity index (χ1) is 10.2. The molecule has 1 spiro atoms. The summed E-state index contributed by atoms with van der Waals surface area (Å²) in [5.74, 6) is 6.22. The third kappa shape index (κ3) is 3.38. The highest BCUT2D eigenvalue weighted by Crippen LogP contribution is 2.41. The maximum Gasteiger partial charge on any atom is 0.0729 e. The Morgan fingerprint density at radius 2 is 2.14 bits per heavy atom. The van der Waals surface area contributed by atoms with Crippen molar-refractivity contribution in [1.82, 2.24) is 10.4 Å². The molecular formula is C15H22ClN3O2. The van der Waals surface area contributed by atoms with Gasteiger partial charge in [0.05, 0.1) is 22.4 Å². The largest absolute Gasteiger partial charge is 0.381 e. The van der Waals surface area contributed by atoms with Crippen molar-refractivity contribution >= 4 is 11.6 Å². The van der Waals surface area contributed by atoms with Crippen LogP contribution in [0.3, 0.4) is 0 Å². The van der Waals surface area contributed by atoms with E-state index in [0.717, 1.165) is 51.2 Å². The average molecular weight is 312 g/mol. The van der Waals surface area contributed by atoms with Gasteiger partial charge >= 0.3 is 0 Å². The molecule has 3 heterocycles. The summed E-state index contributed by atoms with van der Waals surface area (Å²) in [6.07, 6.45) is 5.59. The SMILES string of the molecule is NNC(c1ccc(Cl)cn1)C1CCOC2(CCOCC2)C1. The van der Waals surface area contributed by atoms with Gasteiger partial charge in [-0.3, -0.25) is 16.3 Å². The number of hydrogen-bond donors (Lipinski definition) is 2. The van der Waals surface area contributed by atoms with E-state index in [9.17, 15) is 0 Å². The predicted octanol–water partition coefficient (Wildman–Crippen LogP) is 2.22. The molecule has 0 aliphatic carbocycles. The van der Waals surface area contributed by atoms with E-state index in [1.807, 2.05) is 12.1 Å². The van der Waals surface area contributed by atoms with Gasteiger partial charge in [0.2, 0.25) is 0 Å². The van der Waals surface area contributed by atoms with Crippen LogP contribution in [-0.4, -0.2) is 30.4 Å². The fraction of sp³-hybridized carbons (Fsp3) is 0.667. The average Bonchev–Trinajstić information content (AvgIpc) is 2.51. The van der Waals surface area contributed by atoms with E-state index in [-0.39, 0.29) is 11.6 Å². The highest BCUT2D eigenvalue weighted by molar-refractivity contribution is 6.30. The normalized spacial score (nSPS) is 26.7. The van der Waals surface area contributed by atoms with Crippen LogP contribution in [0.15, 0.2) is 18.3 Å². The Kier molecular flexibility index (Phi) is 4.76. The Morgan fingerprint density at radius 1 is 1.33 bits per heavy atom. The van der Waals surface area contributed by atoms with Crippen molar-refractivity contribution < 1.29 is 9.47 Å². The smallest absolute Gasteiger partial charge is 0.0729 e. The molecule has 3 rings (SSSR count). The van der Waals surface area contributed by atoms with Gasteiger partial charge in [-0.1, -0.05) is 11.6 Å². The zero-order valence-electron chi connectivity index (χ0n) is 12.1. The van der Waals surface area contributed by atoms with Gasteiger partial charge in [-0.2, -0.15) is 0 Å². The summed E-state index contributed by atoms with van der Waals surface area (Å²) >= 11 is 5.91. The number of nitrogens with one attached hydrogen (secondary N) is 1. The first-order valence-corrected chi connectivity index (χ1v) is 7.89. The Hall–Kier alpha value is -0.720. The van der Waals surface area contributed by atoms with Gasteiger partial charge < -0.3 is 9.47 Å². The van der Waals surface area contributed by atoms with Crippen LogP contribution in [0.5, 0.6) is 0 Å². The van der Waals surface area contributed by atoms with Gasteiger partial charge in [0.15, 0.2) is 0 Å². The van der Waals surface area contributed by atoms with Crippen LogP contribution in [0.4, 0.5) is 0 Å². The lowest BCUT2D eigenvalue weighted by molar-refractivity contribution is -0.150. The van der Waals surface area contributed by atoms with Crippen LogP contribution >= 0.6 is 11.6 Å².